The minimum atomic E-state index is -0.970. The summed E-state index contributed by atoms with van der Waals surface area (Å²) in [5.41, 5.74) is 2.30. The molecule has 0 amide bonds. The molecular weight excluding hydrogens is 274 g/mol. The van der Waals surface area contributed by atoms with Crippen molar-refractivity contribution < 1.29 is 18.7 Å². The Balaban J connectivity index is 2.20. The zero-order chi connectivity index (χ0) is 15.4. The Morgan fingerprint density at radius 2 is 1.71 bits per heavy atom. The third-order valence-electron chi connectivity index (χ3n) is 3.48. The first-order valence-corrected chi connectivity index (χ1v) is 6.68. The van der Waals surface area contributed by atoms with Crippen LogP contribution in [0.2, 0.25) is 0 Å². The van der Waals surface area contributed by atoms with E-state index >= 15 is 0 Å². The van der Waals surface area contributed by atoms with Crippen LogP contribution >= 0.6 is 0 Å². The Kier molecular flexibility index (Phi) is 4.68. The normalized spacial score (nSPS) is 12.1. The van der Waals surface area contributed by atoms with Gasteiger partial charge in [-0.15, -0.1) is 0 Å². The van der Waals surface area contributed by atoms with Gasteiger partial charge in [-0.05, 0) is 48.6 Å². The molecule has 1 atom stereocenters. The van der Waals surface area contributed by atoms with E-state index in [2.05, 4.69) is 0 Å². The van der Waals surface area contributed by atoms with Gasteiger partial charge < -0.3 is 5.11 Å². The predicted octanol–water partition coefficient (Wildman–Crippen LogP) is 3.76. The van der Waals surface area contributed by atoms with E-state index in [1.54, 1.807) is 0 Å². The SMILES string of the molecule is Cc1ccccc1CC(Cc1cc(F)cc(F)c1)C(=O)O. The number of hydrogen-bond donors (Lipinski definition) is 1. The van der Waals surface area contributed by atoms with Crippen LogP contribution in [0.5, 0.6) is 0 Å². The van der Waals surface area contributed by atoms with Gasteiger partial charge in [0.25, 0.3) is 0 Å². The summed E-state index contributed by atoms with van der Waals surface area (Å²) < 4.78 is 26.4. The number of aliphatic carboxylic acids is 1. The maximum absolute atomic E-state index is 13.2. The van der Waals surface area contributed by atoms with E-state index in [9.17, 15) is 18.7 Å². The number of benzene rings is 2. The molecule has 21 heavy (non-hydrogen) atoms. The van der Waals surface area contributed by atoms with Crippen LogP contribution < -0.4 is 0 Å². The molecule has 1 unspecified atom stereocenters. The van der Waals surface area contributed by atoms with Gasteiger partial charge in [0.05, 0.1) is 5.92 Å². The van der Waals surface area contributed by atoms with E-state index in [-0.39, 0.29) is 6.42 Å². The van der Waals surface area contributed by atoms with E-state index in [0.29, 0.717) is 12.0 Å². The lowest BCUT2D eigenvalue weighted by Gasteiger charge is -2.14. The van der Waals surface area contributed by atoms with Crippen molar-refractivity contribution in [3.8, 4) is 0 Å². The van der Waals surface area contributed by atoms with Crippen molar-refractivity contribution in [2.45, 2.75) is 19.8 Å². The first kappa shape index (κ1) is 15.2. The van der Waals surface area contributed by atoms with E-state index in [4.69, 9.17) is 0 Å². The van der Waals surface area contributed by atoms with Gasteiger partial charge in [-0.2, -0.15) is 0 Å². The monoisotopic (exact) mass is 290 g/mol. The highest BCUT2D eigenvalue weighted by Crippen LogP contribution is 2.19. The van der Waals surface area contributed by atoms with Crippen LogP contribution in [-0.4, -0.2) is 11.1 Å². The topological polar surface area (TPSA) is 37.3 Å². The Bertz CT molecular complexity index is 633. The van der Waals surface area contributed by atoms with Crippen molar-refractivity contribution in [1.29, 1.82) is 0 Å². The lowest BCUT2D eigenvalue weighted by molar-refractivity contribution is -0.141. The van der Waals surface area contributed by atoms with Crippen LogP contribution in [-0.2, 0) is 17.6 Å². The van der Waals surface area contributed by atoms with Crippen LogP contribution in [0.3, 0.4) is 0 Å². The van der Waals surface area contributed by atoms with Crippen LogP contribution in [0.4, 0.5) is 8.78 Å². The van der Waals surface area contributed by atoms with Crippen molar-refractivity contribution in [2.75, 3.05) is 0 Å². The maximum atomic E-state index is 13.2. The Hall–Kier alpha value is -2.23. The molecule has 0 saturated carbocycles. The molecule has 0 heterocycles. The zero-order valence-corrected chi connectivity index (χ0v) is 11.6. The molecule has 0 aromatic heterocycles. The summed E-state index contributed by atoms with van der Waals surface area (Å²) >= 11 is 0. The van der Waals surface area contributed by atoms with Crippen LogP contribution in [0.1, 0.15) is 16.7 Å². The van der Waals surface area contributed by atoms with Gasteiger partial charge >= 0.3 is 5.97 Å². The maximum Gasteiger partial charge on any atom is 0.307 e. The van der Waals surface area contributed by atoms with Crippen molar-refractivity contribution in [3.63, 3.8) is 0 Å². The number of hydrogen-bond acceptors (Lipinski definition) is 1. The van der Waals surface area contributed by atoms with Crippen molar-refractivity contribution in [2.24, 2.45) is 5.92 Å². The van der Waals surface area contributed by atoms with E-state index in [0.717, 1.165) is 17.2 Å². The fraction of sp³-hybridized carbons (Fsp3) is 0.235. The second-order valence-electron chi connectivity index (χ2n) is 5.15. The van der Waals surface area contributed by atoms with Gasteiger partial charge in [-0.25, -0.2) is 8.78 Å². The molecule has 2 aromatic rings. The smallest absolute Gasteiger partial charge is 0.307 e. The van der Waals surface area contributed by atoms with Gasteiger partial charge in [0, 0.05) is 6.07 Å². The highest BCUT2D eigenvalue weighted by atomic mass is 19.1. The molecule has 0 bridgehead atoms. The number of carbonyl (C=O) groups is 1. The van der Waals surface area contributed by atoms with Crippen molar-refractivity contribution in [3.05, 3.63) is 70.8 Å². The number of carboxylic acid groups (broad SMARTS) is 1. The minimum absolute atomic E-state index is 0.0956. The third kappa shape index (κ3) is 4.12. The molecule has 4 heteroatoms. The van der Waals surface area contributed by atoms with Gasteiger partial charge in [-0.1, -0.05) is 24.3 Å². The summed E-state index contributed by atoms with van der Waals surface area (Å²) in [7, 11) is 0. The molecule has 0 radical (unpaired) electrons. The Morgan fingerprint density at radius 3 is 2.29 bits per heavy atom. The number of aryl methyl sites for hydroxylation is 1. The summed E-state index contributed by atoms with van der Waals surface area (Å²) in [6.45, 7) is 1.91. The fourth-order valence-electron chi connectivity index (χ4n) is 2.36. The summed E-state index contributed by atoms with van der Waals surface area (Å²) in [5, 5.41) is 9.34. The Labute approximate surface area is 122 Å². The number of rotatable bonds is 5. The standard InChI is InChI=1S/C17H16F2O2/c1-11-4-2-3-5-13(11)9-14(17(20)21)6-12-7-15(18)10-16(19)8-12/h2-5,7-8,10,14H,6,9H2,1H3,(H,20,21). The van der Waals surface area contributed by atoms with Crippen LogP contribution in [0, 0.1) is 24.5 Å². The third-order valence-corrected chi connectivity index (χ3v) is 3.48. The van der Waals surface area contributed by atoms with E-state index in [1.165, 1.54) is 12.1 Å². The first-order valence-electron chi connectivity index (χ1n) is 6.68. The predicted molar refractivity (Wildman–Crippen MR) is 76.1 cm³/mol. The van der Waals surface area contributed by atoms with Crippen molar-refractivity contribution >= 4 is 5.97 Å². The number of halogens is 2. The summed E-state index contributed by atoms with van der Waals surface area (Å²) in [6.07, 6.45) is 0.429. The fourth-order valence-corrected chi connectivity index (χ4v) is 2.36. The van der Waals surface area contributed by atoms with Gasteiger partial charge in [0.15, 0.2) is 0 Å². The molecule has 0 aliphatic rings. The largest absolute Gasteiger partial charge is 0.481 e. The lowest BCUT2D eigenvalue weighted by atomic mass is 9.91. The molecular formula is C17H16F2O2. The second kappa shape index (κ2) is 6.48. The molecule has 110 valence electrons. The van der Waals surface area contributed by atoms with Gasteiger partial charge in [-0.3, -0.25) is 4.79 Å². The molecule has 1 N–H and O–H groups in total. The molecule has 0 fully saturated rings. The first-order chi connectivity index (χ1) is 9.95. The van der Waals surface area contributed by atoms with E-state index < -0.39 is 23.5 Å². The molecule has 2 nitrogen and oxygen atoms in total. The lowest BCUT2D eigenvalue weighted by Crippen LogP contribution is -2.19. The Morgan fingerprint density at radius 1 is 1.10 bits per heavy atom. The summed E-state index contributed by atoms with van der Waals surface area (Å²) in [5.74, 6) is -3.06. The van der Waals surface area contributed by atoms with E-state index in [1.807, 2.05) is 31.2 Å². The molecule has 0 aliphatic carbocycles. The van der Waals surface area contributed by atoms with Crippen LogP contribution in [0.25, 0.3) is 0 Å². The quantitative estimate of drug-likeness (QED) is 0.910. The minimum Gasteiger partial charge on any atom is -0.481 e. The second-order valence-corrected chi connectivity index (χ2v) is 5.15. The molecule has 0 spiro atoms. The van der Waals surface area contributed by atoms with Crippen LogP contribution in [0.15, 0.2) is 42.5 Å². The number of carboxylic acids is 1. The summed E-state index contributed by atoms with van der Waals surface area (Å²) in [4.78, 5) is 11.4. The molecule has 0 saturated heterocycles. The van der Waals surface area contributed by atoms with Gasteiger partial charge in [0.2, 0.25) is 0 Å². The highest BCUT2D eigenvalue weighted by Gasteiger charge is 2.20. The van der Waals surface area contributed by atoms with Gasteiger partial charge in [0.1, 0.15) is 11.6 Å². The zero-order valence-electron chi connectivity index (χ0n) is 11.6. The van der Waals surface area contributed by atoms with Crippen molar-refractivity contribution in [1.82, 2.24) is 0 Å². The summed E-state index contributed by atoms with van der Waals surface area (Å²) in [6, 6.07) is 10.7. The molecule has 0 aliphatic heterocycles. The average Bonchev–Trinajstić information content (AvgIpc) is 2.39. The average molecular weight is 290 g/mol. The molecule has 2 aromatic carbocycles. The molecule has 2 rings (SSSR count). The highest BCUT2D eigenvalue weighted by molar-refractivity contribution is 5.71.